The van der Waals surface area contributed by atoms with E-state index in [-0.39, 0.29) is 21.1 Å². The van der Waals surface area contributed by atoms with Gasteiger partial charge in [-0.25, -0.2) is 0 Å². The summed E-state index contributed by atoms with van der Waals surface area (Å²) in [7, 11) is 0. The fourth-order valence-corrected chi connectivity index (χ4v) is 2.57. The number of hydrogen-bond acceptors (Lipinski definition) is 2. The van der Waals surface area contributed by atoms with E-state index in [1.807, 2.05) is 82.4 Å². The minimum Gasteiger partial charge on any atom is -0.265 e. The largest absolute Gasteiger partial charge is 2.00 e. The van der Waals surface area contributed by atoms with E-state index < -0.39 is 0 Å². The summed E-state index contributed by atoms with van der Waals surface area (Å²) in [6, 6.07) is 26.1. The van der Waals surface area contributed by atoms with Crippen LogP contribution in [0, 0.1) is 12.1 Å². The molecule has 2 aromatic heterocycles. The van der Waals surface area contributed by atoms with Crippen LogP contribution >= 0.6 is 0 Å². The van der Waals surface area contributed by atoms with Crippen molar-refractivity contribution in [1.29, 1.82) is 0 Å². The molecule has 0 aliphatic carbocycles. The molecule has 5 heteroatoms. The fraction of sp³-hybridized carbons (Fsp3) is 0.100. The molecule has 4 nitrogen and oxygen atoms in total. The minimum absolute atomic E-state index is 0. The van der Waals surface area contributed by atoms with Crippen LogP contribution in [0.2, 0.25) is 0 Å². The van der Waals surface area contributed by atoms with Crippen molar-refractivity contribution >= 4 is 0 Å². The van der Waals surface area contributed by atoms with E-state index in [2.05, 4.69) is 22.3 Å². The van der Waals surface area contributed by atoms with Crippen LogP contribution in [0.25, 0.3) is 11.4 Å². The summed E-state index contributed by atoms with van der Waals surface area (Å²) in [4.78, 5) is 0. The first-order valence-corrected chi connectivity index (χ1v) is 7.92. The van der Waals surface area contributed by atoms with Crippen molar-refractivity contribution in [2.45, 2.75) is 12.8 Å². The van der Waals surface area contributed by atoms with Crippen molar-refractivity contribution in [3.05, 3.63) is 96.6 Å². The van der Waals surface area contributed by atoms with Crippen LogP contribution in [-0.2, 0) is 33.9 Å². The summed E-state index contributed by atoms with van der Waals surface area (Å²) >= 11 is 0. The maximum atomic E-state index is 4.61. The van der Waals surface area contributed by atoms with Gasteiger partial charge < -0.3 is 0 Å². The summed E-state index contributed by atoms with van der Waals surface area (Å²) in [5.41, 5.74) is 4.00. The maximum Gasteiger partial charge on any atom is 2.00 e. The maximum absolute atomic E-state index is 4.61. The molecule has 0 atom stereocenters. The topological polar surface area (TPSA) is 35.6 Å². The quantitative estimate of drug-likeness (QED) is 0.388. The van der Waals surface area contributed by atoms with Gasteiger partial charge in [-0.15, -0.1) is 12.1 Å². The number of benzene rings is 2. The van der Waals surface area contributed by atoms with Crippen LogP contribution in [0.4, 0.5) is 0 Å². The molecular formula is C20H16N4Pt. The molecule has 2 heterocycles. The van der Waals surface area contributed by atoms with Gasteiger partial charge in [-0.3, -0.25) is 9.36 Å². The molecule has 0 unspecified atom stereocenters. The van der Waals surface area contributed by atoms with Gasteiger partial charge in [0.15, 0.2) is 0 Å². The third-order valence-corrected chi connectivity index (χ3v) is 3.80. The minimum atomic E-state index is 0. The van der Waals surface area contributed by atoms with Crippen molar-refractivity contribution in [1.82, 2.24) is 19.6 Å². The molecule has 0 amide bonds. The molecule has 0 radical (unpaired) electrons. The van der Waals surface area contributed by atoms with Gasteiger partial charge in [0.25, 0.3) is 0 Å². The van der Waals surface area contributed by atoms with Crippen molar-refractivity contribution in [2.24, 2.45) is 0 Å². The van der Waals surface area contributed by atoms with Crippen molar-refractivity contribution < 1.29 is 21.1 Å². The Morgan fingerprint density at radius 2 is 1.16 bits per heavy atom. The standard InChI is InChI=1S/C20H16N4.Pt/c1-3-7-19(8-4-1)23-15-13-17(21-23)11-12-18-14-16-24(22-18)20-9-5-2-6-10-20;/h1-7,9,13-16H,11-12H2;/q-2;+2. The molecule has 2 aromatic carbocycles. The molecule has 0 fully saturated rings. The van der Waals surface area contributed by atoms with E-state index in [9.17, 15) is 0 Å². The number of para-hydroxylation sites is 2. The van der Waals surface area contributed by atoms with Crippen LogP contribution < -0.4 is 0 Å². The van der Waals surface area contributed by atoms with E-state index in [0.29, 0.717) is 0 Å². The summed E-state index contributed by atoms with van der Waals surface area (Å²) in [5.74, 6) is 0. The van der Waals surface area contributed by atoms with E-state index in [4.69, 9.17) is 0 Å². The Labute approximate surface area is 161 Å². The average molecular weight is 507 g/mol. The van der Waals surface area contributed by atoms with E-state index >= 15 is 0 Å². The van der Waals surface area contributed by atoms with Crippen LogP contribution in [-0.4, -0.2) is 19.6 Å². The monoisotopic (exact) mass is 507 g/mol. The Morgan fingerprint density at radius 1 is 0.680 bits per heavy atom. The van der Waals surface area contributed by atoms with Crippen molar-refractivity contribution in [3.8, 4) is 11.4 Å². The molecule has 0 aliphatic heterocycles. The van der Waals surface area contributed by atoms with Gasteiger partial charge in [0.2, 0.25) is 0 Å². The number of hydrogen-bond donors (Lipinski definition) is 0. The molecule has 0 N–H and O–H groups in total. The molecule has 0 saturated carbocycles. The van der Waals surface area contributed by atoms with Gasteiger partial charge in [0, 0.05) is 12.4 Å². The second kappa shape index (κ2) is 8.08. The zero-order chi connectivity index (χ0) is 16.2. The molecule has 4 aromatic rings. The van der Waals surface area contributed by atoms with Crippen LogP contribution in [0.5, 0.6) is 0 Å². The number of aryl methyl sites for hydroxylation is 2. The summed E-state index contributed by atoms with van der Waals surface area (Å²) in [6.07, 6.45) is 5.65. The third-order valence-electron chi connectivity index (χ3n) is 3.80. The SMILES string of the molecule is [Pt+2].[c-]1ccccc1-n1ccc(CCc2ccn(-c3[c-]cccc3)n2)n1. The molecule has 0 bridgehead atoms. The van der Waals surface area contributed by atoms with Crippen molar-refractivity contribution in [3.63, 3.8) is 0 Å². The Kier molecular flexibility index (Phi) is 5.62. The first kappa shape index (κ1) is 17.4. The zero-order valence-corrected chi connectivity index (χ0v) is 15.7. The summed E-state index contributed by atoms with van der Waals surface area (Å²) < 4.78 is 3.71. The van der Waals surface area contributed by atoms with Crippen molar-refractivity contribution in [2.75, 3.05) is 0 Å². The normalized spacial score (nSPS) is 10.4. The molecular weight excluding hydrogens is 491 g/mol. The van der Waals surface area contributed by atoms with Gasteiger partial charge in [-0.1, -0.05) is 0 Å². The molecule has 25 heavy (non-hydrogen) atoms. The second-order valence-electron chi connectivity index (χ2n) is 5.50. The van der Waals surface area contributed by atoms with E-state index in [0.717, 1.165) is 35.6 Å². The Hall–Kier alpha value is -2.45. The summed E-state index contributed by atoms with van der Waals surface area (Å²) in [5, 5.41) is 9.21. The molecule has 126 valence electrons. The zero-order valence-electron chi connectivity index (χ0n) is 13.4. The Balaban J connectivity index is 0.00000182. The van der Waals surface area contributed by atoms with Gasteiger partial charge in [-0.05, 0) is 36.3 Å². The summed E-state index contributed by atoms with van der Waals surface area (Å²) in [6.45, 7) is 0. The first-order chi connectivity index (χ1) is 11.9. The predicted molar refractivity (Wildman–Crippen MR) is 92.2 cm³/mol. The van der Waals surface area contributed by atoms with Gasteiger partial charge in [-0.2, -0.15) is 58.7 Å². The molecule has 0 spiro atoms. The van der Waals surface area contributed by atoms with Crippen LogP contribution in [0.15, 0.2) is 73.1 Å². The predicted octanol–water partition coefficient (Wildman–Crippen LogP) is 3.44. The van der Waals surface area contributed by atoms with E-state index in [1.54, 1.807) is 0 Å². The van der Waals surface area contributed by atoms with E-state index in [1.165, 1.54) is 0 Å². The number of nitrogens with zero attached hydrogens (tertiary/aromatic N) is 4. The van der Waals surface area contributed by atoms with Gasteiger partial charge >= 0.3 is 21.1 Å². The van der Waals surface area contributed by atoms with Gasteiger partial charge in [0.1, 0.15) is 0 Å². The smallest absolute Gasteiger partial charge is 0.265 e. The number of aromatic nitrogens is 4. The molecule has 0 aliphatic rings. The number of rotatable bonds is 5. The third kappa shape index (κ3) is 4.15. The Bertz CT molecular complexity index is 835. The second-order valence-corrected chi connectivity index (χ2v) is 5.50. The molecule has 0 saturated heterocycles. The molecule has 4 rings (SSSR count). The Morgan fingerprint density at radius 3 is 1.56 bits per heavy atom. The van der Waals surface area contributed by atoms with Crippen LogP contribution in [0.1, 0.15) is 11.4 Å². The van der Waals surface area contributed by atoms with Crippen LogP contribution in [0.3, 0.4) is 0 Å². The average Bonchev–Trinajstić information content (AvgIpc) is 3.31. The first-order valence-electron chi connectivity index (χ1n) is 7.92. The fourth-order valence-electron chi connectivity index (χ4n) is 2.57. The van der Waals surface area contributed by atoms with Gasteiger partial charge in [0.05, 0.1) is 11.4 Å².